The molecule has 3 N–H and O–H groups in total. The van der Waals surface area contributed by atoms with Crippen molar-refractivity contribution in [3.63, 3.8) is 0 Å². The van der Waals surface area contributed by atoms with Gasteiger partial charge in [0.05, 0.1) is 12.6 Å². The fraction of sp³-hybridized carbons (Fsp3) is 0.462. The minimum absolute atomic E-state index is 0.200. The molecule has 0 aliphatic carbocycles. The van der Waals surface area contributed by atoms with Crippen molar-refractivity contribution in [2.24, 2.45) is 10.7 Å². The van der Waals surface area contributed by atoms with E-state index < -0.39 is 0 Å². The van der Waals surface area contributed by atoms with Crippen LogP contribution in [0.3, 0.4) is 0 Å². The van der Waals surface area contributed by atoms with E-state index in [9.17, 15) is 5.11 Å². The molecule has 0 unspecified atom stereocenters. The smallest absolute Gasteiger partial charge is 0.282 e. The zero-order chi connectivity index (χ0) is 12.8. The van der Waals surface area contributed by atoms with E-state index in [0.717, 1.165) is 19.3 Å². The summed E-state index contributed by atoms with van der Waals surface area (Å²) in [6.07, 6.45) is 2.93. The molecule has 1 aromatic carbocycles. The van der Waals surface area contributed by atoms with Gasteiger partial charge in [-0.2, -0.15) is 0 Å². The Morgan fingerprint density at radius 2 is 2.33 bits per heavy atom. The van der Waals surface area contributed by atoms with Gasteiger partial charge in [0.15, 0.2) is 0 Å². The number of hydrogen-bond acceptors (Lipinski definition) is 5. The zero-order valence-corrected chi connectivity index (χ0v) is 10.2. The minimum atomic E-state index is 0.200. The summed E-state index contributed by atoms with van der Waals surface area (Å²) in [5.74, 6) is 0.918. The molecule has 0 bridgehead atoms. The van der Waals surface area contributed by atoms with Crippen molar-refractivity contribution in [1.29, 1.82) is 0 Å². The Labute approximate surface area is 106 Å². The lowest BCUT2D eigenvalue weighted by Crippen LogP contribution is -2.10. The van der Waals surface area contributed by atoms with Crippen LogP contribution in [0.15, 0.2) is 29.3 Å². The van der Waals surface area contributed by atoms with Gasteiger partial charge in [0, 0.05) is 6.07 Å². The summed E-state index contributed by atoms with van der Waals surface area (Å²) < 4.78 is 10.6. The van der Waals surface area contributed by atoms with Gasteiger partial charge in [-0.3, -0.25) is 0 Å². The highest BCUT2D eigenvalue weighted by Crippen LogP contribution is 2.18. The molecule has 0 saturated heterocycles. The molecule has 0 amide bonds. The molecule has 0 fully saturated rings. The maximum atomic E-state index is 9.26. The van der Waals surface area contributed by atoms with E-state index in [-0.39, 0.29) is 11.8 Å². The highest BCUT2D eigenvalue weighted by Gasteiger charge is 2.15. The second kappa shape index (κ2) is 6.14. The molecule has 2 rings (SSSR count). The number of aliphatic imine (C=N–C) groups is 1. The Morgan fingerprint density at radius 1 is 1.44 bits per heavy atom. The Kier molecular flexibility index (Phi) is 4.28. The maximum Gasteiger partial charge on any atom is 0.282 e. The first-order chi connectivity index (χ1) is 8.74. The Hall–Kier alpha value is -1.91. The maximum absolute atomic E-state index is 9.26. The second-order valence-corrected chi connectivity index (χ2v) is 4.27. The van der Waals surface area contributed by atoms with Crippen molar-refractivity contribution >= 4 is 6.02 Å². The largest absolute Gasteiger partial charge is 0.508 e. The number of hydrogen-bond donors (Lipinski definition) is 2. The summed E-state index contributed by atoms with van der Waals surface area (Å²) in [5, 5.41) is 9.26. The summed E-state index contributed by atoms with van der Waals surface area (Å²) >= 11 is 0. The average molecular weight is 250 g/mol. The molecule has 1 atom stereocenters. The van der Waals surface area contributed by atoms with Gasteiger partial charge in [0.25, 0.3) is 6.02 Å². The highest BCUT2D eigenvalue weighted by molar-refractivity contribution is 5.72. The summed E-state index contributed by atoms with van der Waals surface area (Å²) in [4.78, 5) is 4.15. The molecule has 1 aliphatic heterocycles. The number of nitrogens with zero attached hydrogens (tertiary/aromatic N) is 1. The van der Waals surface area contributed by atoms with Crippen LogP contribution in [0, 0.1) is 0 Å². The van der Waals surface area contributed by atoms with Crippen molar-refractivity contribution in [3.05, 3.63) is 24.3 Å². The Morgan fingerprint density at radius 3 is 3.06 bits per heavy atom. The number of phenolic OH excluding ortho intramolecular Hbond substituents is 1. The molecule has 1 aromatic rings. The topological polar surface area (TPSA) is 77.1 Å². The molecule has 1 aliphatic rings. The van der Waals surface area contributed by atoms with E-state index >= 15 is 0 Å². The third-order valence-electron chi connectivity index (χ3n) is 2.75. The van der Waals surface area contributed by atoms with Crippen LogP contribution in [0.2, 0.25) is 0 Å². The first kappa shape index (κ1) is 12.5. The number of amidine groups is 1. The van der Waals surface area contributed by atoms with Crippen LogP contribution in [-0.4, -0.2) is 30.4 Å². The zero-order valence-electron chi connectivity index (χ0n) is 10.2. The van der Waals surface area contributed by atoms with Gasteiger partial charge >= 0.3 is 0 Å². The SMILES string of the molecule is NC1=N[C@@H](CCCCOc2cccc(O)c2)CO1. The molecule has 0 spiro atoms. The summed E-state index contributed by atoms with van der Waals surface area (Å²) in [7, 11) is 0. The van der Waals surface area contributed by atoms with E-state index in [1.165, 1.54) is 0 Å². The number of phenols is 1. The van der Waals surface area contributed by atoms with Crippen LogP contribution in [0.25, 0.3) is 0 Å². The number of ether oxygens (including phenoxy) is 2. The summed E-state index contributed by atoms with van der Waals surface area (Å²) in [5.41, 5.74) is 5.43. The number of aromatic hydroxyl groups is 1. The van der Waals surface area contributed by atoms with Crippen molar-refractivity contribution < 1.29 is 14.6 Å². The Balaban J connectivity index is 1.59. The van der Waals surface area contributed by atoms with Gasteiger partial charge < -0.3 is 20.3 Å². The van der Waals surface area contributed by atoms with Gasteiger partial charge in [0.1, 0.15) is 18.1 Å². The van der Waals surface area contributed by atoms with Gasteiger partial charge in [-0.15, -0.1) is 0 Å². The third kappa shape index (κ3) is 3.84. The molecule has 98 valence electrons. The van der Waals surface area contributed by atoms with Gasteiger partial charge in [0.2, 0.25) is 0 Å². The predicted molar refractivity (Wildman–Crippen MR) is 68.8 cm³/mol. The van der Waals surface area contributed by atoms with Crippen molar-refractivity contribution in [2.75, 3.05) is 13.2 Å². The lowest BCUT2D eigenvalue weighted by atomic mass is 10.1. The fourth-order valence-corrected chi connectivity index (χ4v) is 1.83. The molecular formula is C13H18N2O3. The quantitative estimate of drug-likeness (QED) is 0.753. The van der Waals surface area contributed by atoms with Crippen molar-refractivity contribution in [1.82, 2.24) is 0 Å². The van der Waals surface area contributed by atoms with Crippen LogP contribution in [-0.2, 0) is 4.74 Å². The van der Waals surface area contributed by atoms with Crippen LogP contribution in [0.1, 0.15) is 19.3 Å². The molecule has 5 heteroatoms. The average Bonchev–Trinajstić information content (AvgIpc) is 2.75. The monoisotopic (exact) mass is 250 g/mol. The molecule has 5 nitrogen and oxygen atoms in total. The minimum Gasteiger partial charge on any atom is -0.508 e. The van der Waals surface area contributed by atoms with Gasteiger partial charge in [-0.05, 0) is 31.4 Å². The van der Waals surface area contributed by atoms with Crippen molar-refractivity contribution in [2.45, 2.75) is 25.3 Å². The first-order valence-electron chi connectivity index (χ1n) is 6.12. The van der Waals surface area contributed by atoms with Crippen LogP contribution in [0.5, 0.6) is 11.5 Å². The van der Waals surface area contributed by atoms with Crippen LogP contribution < -0.4 is 10.5 Å². The van der Waals surface area contributed by atoms with E-state index in [1.54, 1.807) is 18.2 Å². The van der Waals surface area contributed by atoms with Gasteiger partial charge in [-0.25, -0.2) is 4.99 Å². The molecule has 1 heterocycles. The molecule has 0 saturated carbocycles. The van der Waals surface area contributed by atoms with E-state index in [1.807, 2.05) is 6.07 Å². The molecule has 18 heavy (non-hydrogen) atoms. The molecular weight excluding hydrogens is 232 g/mol. The number of benzene rings is 1. The Bertz CT molecular complexity index is 420. The van der Waals surface area contributed by atoms with Crippen LogP contribution >= 0.6 is 0 Å². The predicted octanol–water partition coefficient (Wildman–Crippen LogP) is 1.65. The first-order valence-corrected chi connectivity index (χ1v) is 6.12. The van der Waals surface area contributed by atoms with Crippen molar-refractivity contribution in [3.8, 4) is 11.5 Å². The van der Waals surface area contributed by atoms with E-state index in [4.69, 9.17) is 15.2 Å². The van der Waals surface area contributed by atoms with Gasteiger partial charge in [-0.1, -0.05) is 6.07 Å². The van der Waals surface area contributed by atoms with E-state index in [2.05, 4.69) is 4.99 Å². The third-order valence-corrected chi connectivity index (χ3v) is 2.75. The molecule has 0 radical (unpaired) electrons. The fourth-order valence-electron chi connectivity index (χ4n) is 1.83. The van der Waals surface area contributed by atoms with Crippen LogP contribution in [0.4, 0.5) is 0 Å². The number of nitrogens with two attached hydrogens (primary N) is 1. The highest BCUT2D eigenvalue weighted by atomic mass is 16.5. The normalized spacial score (nSPS) is 18.2. The second-order valence-electron chi connectivity index (χ2n) is 4.27. The lowest BCUT2D eigenvalue weighted by molar-refractivity contribution is 0.286. The molecule has 0 aromatic heterocycles. The van der Waals surface area contributed by atoms with E-state index in [0.29, 0.717) is 25.0 Å². The summed E-state index contributed by atoms with van der Waals surface area (Å²) in [6.45, 7) is 1.23. The summed E-state index contributed by atoms with van der Waals surface area (Å²) in [6, 6.07) is 7.32. The number of rotatable bonds is 6. The standard InChI is InChI=1S/C13H18N2O3/c14-13-15-10(9-18-13)4-1-2-7-17-12-6-3-5-11(16)8-12/h3,5-6,8,10,16H,1-2,4,7,9H2,(H2,14,15)/t10-/m0/s1. The lowest BCUT2D eigenvalue weighted by Gasteiger charge is -2.07. The number of unbranched alkanes of at least 4 members (excludes halogenated alkanes) is 1.